The molecule has 1 heterocycles. The molecule has 0 aliphatic carbocycles. The Morgan fingerprint density at radius 3 is 2.48 bits per heavy atom. The molecule has 0 bridgehead atoms. The maximum Gasteiger partial charge on any atom is 0.343 e. The number of hydrogen-bond acceptors (Lipinski definition) is 5. The van der Waals surface area contributed by atoms with Crippen LogP contribution in [0.4, 0.5) is 4.39 Å². The Balaban J connectivity index is 0.00000122. The topological polar surface area (TPSA) is 77.8 Å². The lowest BCUT2D eigenvalue weighted by atomic mass is 10.00. The summed E-state index contributed by atoms with van der Waals surface area (Å²) in [5.74, 6) is -0.842. The van der Waals surface area contributed by atoms with E-state index < -0.39 is 17.2 Å². The van der Waals surface area contributed by atoms with Crippen molar-refractivity contribution in [1.82, 2.24) is 4.57 Å². The number of rotatable bonds is 7. The molecule has 0 fully saturated rings. The van der Waals surface area contributed by atoms with Crippen LogP contribution in [0.25, 0.3) is 10.9 Å². The van der Waals surface area contributed by atoms with Crippen LogP contribution in [0.15, 0.2) is 41.3 Å². The van der Waals surface area contributed by atoms with Gasteiger partial charge in [-0.3, -0.25) is 4.79 Å². The zero-order valence-corrected chi connectivity index (χ0v) is 20.0. The molecule has 0 saturated heterocycles. The number of halogens is 2. The molecule has 0 radical (unpaired) electrons. The highest BCUT2D eigenvalue weighted by Crippen LogP contribution is 2.29. The van der Waals surface area contributed by atoms with E-state index in [0.29, 0.717) is 22.4 Å². The second-order valence-corrected chi connectivity index (χ2v) is 7.69. The average molecular weight is 478 g/mol. The fraction of sp³-hybridized carbons (Fsp3) is 0.360. The van der Waals surface area contributed by atoms with Crippen LogP contribution in [-0.4, -0.2) is 36.0 Å². The van der Waals surface area contributed by atoms with Crippen molar-refractivity contribution in [3.63, 3.8) is 0 Å². The van der Waals surface area contributed by atoms with Crippen LogP contribution in [0.2, 0.25) is 5.02 Å². The van der Waals surface area contributed by atoms with E-state index in [2.05, 4.69) is 13.8 Å². The molecule has 178 valence electrons. The van der Waals surface area contributed by atoms with Crippen molar-refractivity contribution in [2.45, 2.75) is 40.2 Å². The highest BCUT2D eigenvalue weighted by atomic mass is 35.5. The van der Waals surface area contributed by atoms with Gasteiger partial charge in [0.15, 0.2) is 0 Å². The molecule has 8 heteroatoms. The predicted octanol–water partition coefficient (Wildman–Crippen LogP) is 4.98. The first-order valence-corrected chi connectivity index (χ1v) is 11.1. The molecule has 0 unspecified atom stereocenters. The van der Waals surface area contributed by atoms with E-state index >= 15 is 0 Å². The summed E-state index contributed by atoms with van der Waals surface area (Å²) >= 11 is 5.88. The van der Waals surface area contributed by atoms with Gasteiger partial charge < -0.3 is 19.1 Å². The Hall–Kier alpha value is -2.90. The highest BCUT2D eigenvalue weighted by molar-refractivity contribution is 6.30. The largest absolute Gasteiger partial charge is 0.496 e. The maximum absolute atomic E-state index is 14.4. The summed E-state index contributed by atoms with van der Waals surface area (Å²) in [5.41, 5.74) is 0.738. The van der Waals surface area contributed by atoms with E-state index in [1.807, 2.05) is 0 Å². The molecule has 0 amide bonds. The molecule has 2 aromatic carbocycles. The lowest BCUT2D eigenvalue weighted by Gasteiger charge is -2.16. The van der Waals surface area contributed by atoms with Crippen molar-refractivity contribution in [3.8, 4) is 5.75 Å². The molecule has 0 aliphatic heterocycles. The lowest BCUT2D eigenvalue weighted by molar-refractivity contribution is 0.0524. The Bertz CT molecular complexity index is 1180. The summed E-state index contributed by atoms with van der Waals surface area (Å²) < 4.78 is 26.4. The number of ether oxygens (including phenoxy) is 2. The first-order chi connectivity index (χ1) is 15.8. The number of nitrogens with zero attached hydrogens (tertiary/aromatic N) is 1. The van der Waals surface area contributed by atoms with E-state index in [0.717, 1.165) is 0 Å². The zero-order valence-electron chi connectivity index (χ0n) is 19.3. The second-order valence-electron chi connectivity index (χ2n) is 7.29. The minimum atomic E-state index is -0.741. The Labute approximate surface area is 197 Å². The zero-order chi connectivity index (χ0) is 24.5. The highest BCUT2D eigenvalue weighted by Gasteiger charge is 2.19. The number of esters is 1. The number of methoxy groups -OCH3 is 1. The fourth-order valence-electron chi connectivity index (χ4n) is 3.33. The maximum atomic E-state index is 14.4. The molecule has 33 heavy (non-hydrogen) atoms. The summed E-state index contributed by atoms with van der Waals surface area (Å²) in [6.07, 6.45) is 2.75. The third kappa shape index (κ3) is 6.12. The van der Waals surface area contributed by atoms with Crippen molar-refractivity contribution in [3.05, 3.63) is 74.3 Å². The monoisotopic (exact) mass is 477 g/mol. The number of aliphatic hydroxyl groups is 1. The van der Waals surface area contributed by atoms with E-state index in [9.17, 15) is 19.1 Å². The van der Waals surface area contributed by atoms with Gasteiger partial charge in [0.1, 0.15) is 17.1 Å². The summed E-state index contributed by atoms with van der Waals surface area (Å²) in [6.45, 7) is 5.98. The van der Waals surface area contributed by atoms with Gasteiger partial charge in [0.05, 0.1) is 30.9 Å². The molecule has 0 aliphatic rings. The smallest absolute Gasteiger partial charge is 0.343 e. The van der Waals surface area contributed by atoms with Gasteiger partial charge >= 0.3 is 5.97 Å². The quantitative estimate of drug-likeness (QED) is 0.486. The number of hydrogen-bond donors (Lipinski definition) is 1. The van der Waals surface area contributed by atoms with Gasteiger partial charge in [-0.15, -0.1) is 0 Å². The average Bonchev–Trinajstić information content (AvgIpc) is 2.79. The van der Waals surface area contributed by atoms with Crippen molar-refractivity contribution < 1.29 is 23.8 Å². The number of aliphatic hydroxyl groups excluding tert-OH is 1. The van der Waals surface area contributed by atoms with Crippen LogP contribution in [0.3, 0.4) is 0 Å². The van der Waals surface area contributed by atoms with Crippen molar-refractivity contribution in [2.75, 3.05) is 20.3 Å². The molecule has 0 saturated carbocycles. The van der Waals surface area contributed by atoms with Gasteiger partial charge in [0, 0.05) is 30.6 Å². The molecule has 3 aromatic rings. The minimum Gasteiger partial charge on any atom is -0.496 e. The van der Waals surface area contributed by atoms with Crippen LogP contribution >= 0.6 is 11.6 Å². The van der Waals surface area contributed by atoms with Crippen LogP contribution < -0.4 is 10.2 Å². The lowest BCUT2D eigenvalue weighted by Crippen LogP contribution is -2.22. The SMILES string of the molecule is CCC.CCOC(=O)c1cn(CCO)c2cc(OC)c(Cc3cccc(Cl)c3F)cc2c1=O. The third-order valence-electron chi connectivity index (χ3n) is 4.73. The number of benzene rings is 2. The van der Waals surface area contributed by atoms with E-state index in [4.69, 9.17) is 21.1 Å². The van der Waals surface area contributed by atoms with Crippen LogP contribution in [0, 0.1) is 5.82 Å². The van der Waals surface area contributed by atoms with Crippen molar-refractivity contribution >= 4 is 28.5 Å². The normalized spacial score (nSPS) is 10.5. The van der Waals surface area contributed by atoms with Crippen molar-refractivity contribution in [2.24, 2.45) is 0 Å². The molecule has 0 spiro atoms. The van der Waals surface area contributed by atoms with Gasteiger partial charge in [-0.05, 0) is 30.2 Å². The molecule has 1 aromatic heterocycles. The first kappa shape index (κ1) is 26.4. The van der Waals surface area contributed by atoms with E-state index in [1.54, 1.807) is 35.8 Å². The molecular formula is C25H29ClFNO5. The van der Waals surface area contributed by atoms with Crippen molar-refractivity contribution in [1.29, 1.82) is 0 Å². The molecular weight excluding hydrogens is 449 g/mol. The van der Waals surface area contributed by atoms with Gasteiger partial charge in [-0.25, -0.2) is 9.18 Å². The predicted molar refractivity (Wildman–Crippen MR) is 128 cm³/mol. The summed E-state index contributed by atoms with van der Waals surface area (Å²) in [5, 5.41) is 9.66. The van der Waals surface area contributed by atoms with Crippen LogP contribution in [-0.2, 0) is 17.7 Å². The second kappa shape index (κ2) is 12.4. The standard InChI is InChI=1S/C22H21ClFNO5.C3H8/c1-3-30-22(28)16-12-25(7-8-26)18-11-19(29-2)14(10-15(18)21(16)27)9-13-5-4-6-17(23)20(13)24;1-3-2/h4-6,10-12,26H,3,7-9H2,1-2H3;3H2,1-2H3. The summed E-state index contributed by atoms with van der Waals surface area (Å²) in [6, 6.07) is 7.91. The Morgan fingerprint density at radius 1 is 1.18 bits per heavy atom. The third-order valence-corrected chi connectivity index (χ3v) is 5.02. The number of fused-ring (bicyclic) bond motifs is 1. The molecule has 6 nitrogen and oxygen atoms in total. The van der Waals surface area contributed by atoms with Crippen LogP contribution in [0.5, 0.6) is 5.75 Å². The first-order valence-electron chi connectivity index (χ1n) is 10.8. The minimum absolute atomic E-state index is 0.00200. The molecule has 3 rings (SSSR count). The fourth-order valence-corrected chi connectivity index (χ4v) is 3.52. The Kier molecular flexibility index (Phi) is 9.88. The molecule has 1 N–H and O–H groups in total. The van der Waals surface area contributed by atoms with Gasteiger partial charge in [-0.2, -0.15) is 0 Å². The van der Waals surface area contributed by atoms with Crippen LogP contribution in [0.1, 0.15) is 48.7 Å². The van der Waals surface area contributed by atoms with E-state index in [-0.39, 0.29) is 42.2 Å². The number of carbonyl (C=O) groups excluding carboxylic acids is 1. The Morgan fingerprint density at radius 2 is 1.88 bits per heavy atom. The number of aromatic nitrogens is 1. The van der Waals surface area contributed by atoms with Gasteiger partial charge in [0.25, 0.3) is 0 Å². The van der Waals surface area contributed by atoms with Gasteiger partial charge in [0.2, 0.25) is 5.43 Å². The summed E-state index contributed by atoms with van der Waals surface area (Å²) in [7, 11) is 1.47. The van der Waals surface area contributed by atoms with Gasteiger partial charge in [-0.1, -0.05) is 44.0 Å². The summed E-state index contributed by atoms with van der Waals surface area (Å²) in [4.78, 5) is 25.3. The number of carbonyl (C=O) groups is 1. The number of pyridine rings is 1. The molecule has 0 atom stereocenters. The van der Waals surface area contributed by atoms with E-state index in [1.165, 1.54) is 25.8 Å².